The molecule has 0 N–H and O–H groups in total. The van der Waals surface area contributed by atoms with Gasteiger partial charge in [-0.3, -0.25) is 0 Å². The van der Waals surface area contributed by atoms with Gasteiger partial charge in [0.05, 0.1) is 0 Å². The standard InChI is InChI=1S/C17H18Cl2O2/c1-3-20-17(21-4-2,13-5-9-15(18)10-6-13)14-7-11-16(19)12-8-14/h5-12H,3-4H2,1-2H3. The zero-order valence-electron chi connectivity index (χ0n) is 12.1. The van der Waals surface area contributed by atoms with Crippen molar-refractivity contribution in [1.82, 2.24) is 0 Å². The van der Waals surface area contributed by atoms with Crippen LogP contribution in [0.1, 0.15) is 25.0 Å². The second kappa shape index (κ2) is 7.28. The van der Waals surface area contributed by atoms with E-state index in [1.54, 1.807) is 0 Å². The van der Waals surface area contributed by atoms with Crippen molar-refractivity contribution in [2.45, 2.75) is 19.6 Å². The van der Waals surface area contributed by atoms with Gasteiger partial charge in [0.15, 0.2) is 0 Å². The summed E-state index contributed by atoms with van der Waals surface area (Å²) in [5.74, 6) is -0.946. The fourth-order valence-corrected chi connectivity index (χ4v) is 2.54. The minimum Gasteiger partial charge on any atom is -0.342 e. The van der Waals surface area contributed by atoms with Gasteiger partial charge in [-0.15, -0.1) is 0 Å². The minimum atomic E-state index is -0.946. The summed E-state index contributed by atoms with van der Waals surface area (Å²) < 4.78 is 12.0. The highest BCUT2D eigenvalue weighted by Crippen LogP contribution is 2.36. The second-order valence-corrected chi connectivity index (χ2v) is 5.37. The summed E-state index contributed by atoms with van der Waals surface area (Å²) >= 11 is 12.0. The average molecular weight is 325 g/mol. The molecule has 2 rings (SSSR count). The van der Waals surface area contributed by atoms with Crippen molar-refractivity contribution in [2.75, 3.05) is 13.2 Å². The van der Waals surface area contributed by atoms with Crippen molar-refractivity contribution < 1.29 is 9.47 Å². The Balaban J connectivity index is 2.56. The summed E-state index contributed by atoms with van der Waals surface area (Å²) in [4.78, 5) is 0. The van der Waals surface area contributed by atoms with E-state index >= 15 is 0 Å². The van der Waals surface area contributed by atoms with Crippen LogP contribution in [0.25, 0.3) is 0 Å². The molecule has 0 saturated carbocycles. The van der Waals surface area contributed by atoms with Crippen molar-refractivity contribution in [1.29, 1.82) is 0 Å². The van der Waals surface area contributed by atoms with E-state index in [0.717, 1.165) is 11.1 Å². The Kier molecular flexibility index (Phi) is 5.65. The first kappa shape index (κ1) is 16.3. The fraction of sp³-hybridized carbons (Fsp3) is 0.294. The molecule has 21 heavy (non-hydrogen) atoms. The molecule has 2 nitrogen and oxygen atoms in total. The van der Waals surface area contributed by atoms with E-state index in [4.69, 9.17) is 32.7 Å². The Morgan fingerprint density at radius 3 is 1.33 bits per heavy atom. The second-order valence-electron chi connectivity index (χ2n) is 4.50. The van der Waals surface area contributed by atoms with Crippen LogP contribution in [0.5, 0.6) is 0 Å². The van der Waals surface area contributed by atoms with E-state index in [2.05, 4.69) is 0 Å². The van der Waals surface area contributed by atoms with Gasteiger partial charge in [-0.25, -0.2) is 0 Å². The number of halogens is 2. The van der Waals surface area contributed by atoms with Gasteiger partial charge in [0.2, 0.25) is 5.79 Å². The predicted octanol–water partition coefficient (Wildman–Crippen LogP) is 5.27. The Hall–Kier alpha value is -1.06. The lowest BCUT2D eigenvalue weighted by Crippen LogP contribution is -2.34. The molecule has 0 aliphatic rings. The van der Waals surface area contributed by atoms with Gasteiger partial charge in [-0.05, 0) is 38.1 Å². The summed E-state index contributed by atoms with van der Waals surface area (Å²) in [6.07, 6.45) is 0. The molecule has 0 fully saturated rings. The lowest BCUT2D eigenvalue weighted by molar-refractivity contribution is -0.213. The maximum absolute atomic E-state index is 6.01. The van der Waals surface area contributed by atoms with E-state index in [1.165, 1.54) is 0 Å². The first-order valence-electron chi connectivity index (χ1n) is 6.92. The molecule has 0 aliphatic carbocycles. The van der Waals surface area contributed by atoms with Gasteiger partial charge in [-0.1, -0.05) is 47.5 Å². The van der Waals surface area contributed by atoms with Gasteiger partial charge in [0.25, 0.3) is 0 Å². The quantitative estimate of drug-likeness (QED) is 0.674. The topological polar surface area (TPSA) is 18.5 Å². The highest BCUT2D eigenvalue weighted by atomic mass is 35.5. The Bertz CT molecular complexity index is 511. The van der Waals surface area contributed by atoms with Crippen LogP contribution in [0.4, 0.5) is 0 Å². The third-order valence-electron chi connectivity index (χ3n) is 3.14. The van der Waals surface area contributed by atoms with Crippen LogP contribution in [-0.4, -0.2) is 13.2 Å². The molecule has 0 atom stereocenters. The first-order chi connectivity index (χ1) is 10.1. The first-order valence-corrected chi connectivity index (χ1v) is 7.68. The summed E-state index contributed by atoms with van der Waals surface area (Å²) in [5.41, 5.74) is 1.80. The maximum Gasteiger partial charge on any atom is 0.222 e. The Labute approximate surface area is 135 Å². The van der Waals surface area contributed by atoms with Crippen molar-refractivity contribution in [2.24, 2.45) is 0 Å². The van der Waals surface area contributed by atoms with Crippen LogP contribution < -0.4 is 0 Å². The largest absolute Gasteiger partial charge is 0.342 e. The highest BCUT2D eigenvalue weighted by Gasteiger charge is 2.36. The maximum atomic E-state index is 6.01. The third kappa shape index (κ3) is 3.58. The van der Waals surface area contributed by atoms with E-state index < -0.39 is 5.79 Å². The lowest BCUT2D eigenvalue weighted by Gasteiger charge is -2.34. The normalized spacial score (nSPS) is 11.6. The van der Waals surface area contributed by atoms with Crippen LogP contribution in [-0.2, 0) is 15.3 Å². The van der Waals surface area contributed by atoms with E-state index in [0.29, 0.717) is 23.3 Å². The number of hydrogen-bond donors (Lipinski definition) is 0. The fourth-order valence-electron chi connectivity index (χ4n) is 2.29. The van der Waals surface area contributed by atoms with Gasteiger partial charge in [0, 0.05) is 34.4 Å². The van der Waals surface area contributed by atoms with Crippen molar-refractivity contribution >= 4 is 23.2 Å². The summed E-state index contributed by atoms with van der Waals surface area (Å²) in [7, 11) is 0. The molecule has 0 spiro atoms. The van der Waals surface area contributed by atoms with Gasteiger partial charge in [-0.2, -0.15) is 0 Å². The third-order valence-corrected chi connectivity index (χ3v) is 3.65. The van der Waals surface area contributed by atoms with Crippen molar-refractivity contribution in [3.05, 3.63) is 69.7 Å². The number of hydrogen-bond acceptors (Lipinski definition) is 2. The minimum absolute atomic E-state index is 0.519. The zero-order valence-corrected chi connectivity index (χ0v) is 13.6. The van der Waals surface area contributed by atoms with E-state index in [-0.39, 0.29) is 0 Å². The molecule has 0 heterocycles. The van der Waals surface area contributed by atoms with Crippen molar-refractivity contribution in [3.8, 4) is 0 Å². The molecular formula is C17H18Cl2O2. The smallest absolute Gasteiger partial charge is 0.222 e. The van der Waals surface area contributed by atoms with Gasteiger partial charge < -0.3 is 9.47 Å². The SMILES string of the molecule is CCOC(OCC)(c1ccc(Cl)cc1)c1ccc(Cl)cc1. The van der Waals surface area contributed by atoms with Crippen LogP contribution in [0, 0.1) is 0 Å². The molecule has 0 saturated heterocycles. The molecule has 0 aliphatic heterocycles. The van der Waals surface area contributed by atoms with Crippen LogP contribution in [0.2, 0.25) is 10.0 Å². The molecule has 0 aromatic heterocycles. The summed E-state index contributed by atoms with van der Waals surface area (Å²) in [6.45, 7) is 4.93. The monoisotopic (exact) mass is 324 g/mol. The predicted molar refractivity (Wildman–Crippen MR) is 86.9 cm³/mol. The average Bonchev–Trinajstić information content (AvgIpc) is 2.48. The number of benzene rings is 2. The summed E-state index contributed by atoms with van der Waals surface area (Å²) in [5, 5.41) is 1.36. The zero-order chi connectivity index (χ0) is 15.3. The van der Waals surface area contributed by atoms with E-state index in [9.17, 15) is 0 Å². The summed E-state index contributed by atoms with van der Waals surface area (Å²) in [6, 6.07) is 15.0. The van der Waals surface area contributed by atoms with Crippen LogP contribution in [0.15, 0.2) is 48.5 Å². The lowest BCUT2D eigenvalue weighted by atomic mass is 9.97. The number of ether oxygens (including phenoxy) is 2. The molecular weight excluding hydrogens is 307 g/mol. The number of rotatable bonds is 6. The molecule has 0 unspecified atom stereocenters. The molecule has 2 aromatic carbocycles. The molecule has 4 heteroatoms. The molecule has 2 aromatic rings. The van der Waals surface area contributed by atoms with Crippen molar-refractivity contribution in [3.63, 3.8) is 0 Å². The van der Waals surface area contributed by atoms with Crippen LogP contribution >= 0.6 is 23.2 Å². The molecule has 0 amide bonds. The van der Waals surface area contributed by atoms with Gasteiger partial charge >= 0.3 is 0 Å². The Morgan fingerprint density at radius 2 is 1.05 bits per heavy atom. The van der Waals surface area contributed by atoms with Crippen LogP contribution in [0.3, 0.4) is 0 Å². The molecule has 0 radical (unpaired) electrons. The highest BCUT2D eigenvalue weighted by molar-refractivity contribution is 6.30. The van der Waals surface area contributed by atoms with Gasteiger partial charge in [0.1, 0.15) is 0 Å². The van der Waals surface area contributed by atoms with E-state index in [1.807, 2.05) is 62.4 Å². The molecule has 112 valence electrons. The Morgan fingerprint density at radius 1 is 0.714 bits per heavy atom. The molecule has 0 bridgehead atoms.